The highest BCUT2D eigenvalue weighted by Gasteiger charge is 2.18. The van der Waals surface area contributed by atoms with Gasteiger partial charge in [-0.05, 0) is 39.0 Å². The summed E-state index contributed by atoms with van der Waals surface area (Å²) in [5, 5.41) is 1.39. The van der Waals surface area contributed by atoms with Crippen molar-refractivity contribution in [3.05, 3.63) is 23.2 Å². The van der Waals surface area contributed by atoms with Crippen LogP contribution < -0.4 is 0 Å². The van der Waals surface area contributed by atoms with Gasteiger partial charge in [-0.3, -0.25) is 4.79 Å². The van der Waals surface area contributed by atoms with E-state index < -0.39 is 5.60 Å². The van der Waals surface area contributed by atoms with E-state index in [0.29, 0.717) is 18.2 Å². The van der Waals surface area contributed by atoms with Gasteiger partial charge < -0.3 is 14.0 Å². The number of carbonyl (C=O) groups excluding carboxylic acids is 1. The third-order valence-corrected chi connectivity index (χ3v) is 4.12. The molecule has 0 radical (unpaired) electrons. The minimum Gasteiger partial charge on any atom is -0.459 e. The molecule has 7 heteroatoms. The van der Waals surface area contributed by atoms with Crippen LogP contribution in [0.1, 0.15) is 20.8 Å². The molecule has 0 saturated heterocycles. The van der Waals surface area contributed by atoms with E-state index >= 15 is 0 Å². The molecule has 0 atom stereocenters. The molecule has 0 aliphatic heterocycles. The van der Waals surface area contributed by atoms with Crippen LogP contribution in [0.15, 0.2) is 23.4 Å². The minimum atomic E-state index is -0.485. The molecule has 126 valence electrons. The highest BCUT2D eigenvalue weighted by molar-refractivity contribution is 7.99. The molecular formula is C16H21ClN2O3S. The number of nitrogens with zero attached hydrogens (tertiary/aromatic N) is 2. The first-order chi connectivity index (χ1) is 10.8. The Balaban J connectivity index is 2.19. The third kappa shape index (κ3) is 5.12. The van der Waals surface area contributed by atoms with Crippen LogP contribution in [0.5, 0.6) is 0 Å². The summed E-state index contributed by atoms with van der Waals surface area (Å²) >= 11 is 7.39. The zero-order valence-corrected chi connectivity index (χ0v) is 15.3. The second-order valence-corrected chi connectivity index (χ2v) is 7.43. The summed E-state index contributed by atoms with van der Waals surface area (Å²) in [6, 6.07) is 5.58. The summed E-state index contributed by atoms with van der Waals surface area (Å²) in [6.07, 6.45) is 0. The third-order valence-electron chi connectivity index (χ3n) is 2.93. The van der Waals surface area contributed by atoms with Crippen LogP contribution >= 0.6 is 23.4 Å². The Morgan fingerprint density at radius 1 is 1.39 bits per heavy atom. The summed E-state index contributed by atoms with van der Waals surface area (Å²) < 4.78 is 12.5. The van der Waals surface area contributed by atoms with Crippen molar-refractivity contribution in [2.24, 2.45) is 0 Å². The van der Waals surface area contributed by atoms with Gasteiger partial charge in [0.25, 0.3) is 0 Å². The van der Waals surface area contributed by atoms with E-state index in [2.05, 4.69) is 4.98 Å². The molecule has 0 aliphatic carbocycles. The van der Waals surface area contributed by atoms with Crippen molar-refractivity contribution in [3.63, 3.8) is 0 Å². The highest BCUT2D eigenvalue weighted by atomic mass is 35.5. The monoisotopic (exact) mass is 356 g/mol. The highest BCUT2D eigenvalue weighted by Crippen LogP contribution is 2.26. The number of thioether (sulfide) groups is 1. The predicted octanol–water partition coefficient (Wildman–Crippen LogP) is 3.77. The topological polar surface area (TPSA) is 53.4 Å². The number of halogens is 1. The quantitative estimate of drug-likeness (QED) is 0.582. The summed E-state index contributed by atoms with van der Waals surface area (Å²) in [4.78, 5) is 16.5. The maximum atomic E-state index is 11.9. The molecule has 0 amide bonds. The predicted molar refractivity (Wildman–Crippen MR) is 93.2 cm³/mol. The fourth-order valence-corrected chi connectivity index (χ4v) is 3.06. The van der Waals surface area contributed by atoms with E-state index in [0.717, 1.165) is 16.2 Å². The lowest BCUT2D eigenvalue weighted by atomic mass is 10.2. The van der Waals surface area contributed by atoms with Crippen molar-refractivity contribution in [2.75, 3.05) is 19.5 Å². The number of rotatable bonds is 6. The molecule has 23 heavy (non-hydrogen) atoms. The number of ether oxygens (including phenoxy) is 2. The van der Waals surface area contributed by atoms with Crippen molar-refractivity contribution < 1.29 is 14.3 Å². The van der Waals surface area contributed by atoms with E-state index in [1.807, 2.05) is 43.5 Å². The lowest BCUT2D eigenvalue weighted by Gasteiger charge is -2.19. The number of benzene rings is 1. The van der Waals surface area contributed by atoms with Gasteiger partial charge in [0.15, 0.2) is 5.16 Å². The Bertz CT molecular complexity index is 694. The second kappa shape index (κ2) is 7.55. The van der Waals surface area contributed by atoms with Crippen LogP contribution in [0.2, 0.25) is 5.02 Å². The zero-order chi connectivity index (χ0) is 17.0. The van der Waals surface area contributed by atoms with Gasteiger partial charge in [-0.25, -0.2) is 4.98 Å². The second-order valence-electron chi connectivity index (χ2n) is 6.05. The maximum absolute atomic E-state index is 11.9. The Kier molecular flexibility index (Phi) is 5.95. The summed E-state index contributed by atoms with van der Waals surface area (Å²) in [5.74, 6) is -0.0488. The average molecular weight is 357 g/mol. The summed E-state index contributed by atoms with van der Waals surface area (Å²) in [5.41, 5.74) is 1.29. The van der Waals surface area contributed by atoms with Crippen LogP contribution in [0, 0.1) is 0 Å². The molecule has 1 aromatic heterocycles. The number of fused-ring (bicyclic) bond motifs is 1. The van der Waals surface area contributed by atoms with Crippen LogP contribution in [-0.4, -0.2) is 40.6 Å². The Morgan fingerprint density at radius 3 is 2.78 bits per heavy atom. The van der Waals surface area contributed by atoms with Crippen molar-refractivity contribution in [1.82, 2.24) is 9.55 Å². The van der Waals surface area contributed by atoms with E-state index in [1.165, 1.54) is 11.8 Å². The molecule has 2 rings (SSSR count). The van der Waals surface area contributed by atoms with Crippen molar-refractivity contribution in [3.8, 4) is 0 Å². The van der Waals surface area contributed by atoms with E-state index in [1.54, 1.807) is 7.11 Å². The fraction of sp³-hybridized carbons (Fsp3) is 0.500. The van der Waals surface area contributed by atoms with Crippen molar-refractivity contribution in [2.45, 2.75) is 38.1 Å². The van der Waals surface area contributed by atoms with E-state index in [4.69, 9.17) is 21.1 Å². The van der Waals surface area contributed by atoms with Gasteiger partial charge in [-0.15, -0.1) is 0 Å². The van der Waals surface area contributed by atoms with Crippen LogP contribution in [-0.2, 0) is 20.8 Å². The molecule has 2 aromatic rings. The van der Waals surface area contributed by atoms with Gasteiger partial charge >= 0.3 is 5.97 Å². The molecule has 0 fully saturated rings. The zero-order valence-electron chi connectivity index (χ0n) is 13.8. The fourth-order valence-electron chi connectivity index (χ4n) is 2.08. The molecule has 1 aromatic carbocycles. The number of hydrogen-bond acceptors (Lipinski definition) is 5. The lowest BCUT2D eigenvalue weighted by Crippen LogP contribution is -2.25. The molecule has 0 aliphatic rings. The molecule has 0 spiro atoms. The van der Waals surface area contributed by atoms with Crippen LogP contribution in [0.25, 0.3) is 11.0 Å². The van der Waals surface area contributed by atoms with Crippen molar-refractivity contribution in [1.29, 1.82) is 0 Å². The standard InChI is InChI=1S/C16H21ClN2O3S/c1-16(2,3)22-14(20)10-23-15-18-12-9-11(17)5-6-13(12)19(15)7-8-21-4/h5-6,9H,7-8,10H2,1-4H3. The molecule has 0 saturated carbocycles. The summed E-state index contributed by atoms with van der Waals surface area (Å²) in [7, 11) is 1.66. The number of carbonyl (C=O) groups is 1. The first-order valence-electron chi connectivity index (χ1n) is 7.29. The van der Waals surface area contributed by atoms with Crippen LogP contribution in [0.3, 0.4) is 0 Å². The number of aromatic nitrogens is 2. The number of esters is 1. The van der Waals surface area contributed by atoms with E-state index in [9.17, 15) is 4.79 Å². The van der Waals surface area contributed by atoms with Gasteiger partial charge in [0.1, 0.15) is 5.60 Å². The van der Waals surface area contributed by atoms with Gasteiger partial charge in [-0.2, -0.15) is 0 Å². The van der Waals surface area contributed by atoms with Crippen LogP contribution in [0.4, 0.5) is 0 Å². The Labute approximate surface area is 145 Å². The number of methoxy groups -OCH3 is 1. The molecule has 0 bridgehead atoms. The number of imidazole rings is 1. The molecule has 1 heterocycles. The molecular weight excluding hydrogens is 336 g/mol. The minimum absolute atomic E-state index is 0.210. The Hall–Kier alpha value is -1.24. The van der Waals surface area contributed by atoms with Gasteiger partial charge in [0.2, 0.25) is 0 Å². The first kappa shape index (κ1) is 18.1. The first-order valence-corrected chi connectivity index (χ1v) is 8.66. The van der Waals surface area contributed by atoms with Crippen molar-refractivity contribution >= 4 is 40.4 Å². The normalized spacial score (nSPS) is 11.9. The number of hydrogen-bond donors (Lipinski definition) is 0. The largest absolute Gasteiger partial charge is 0.459 e. The van der Waals surface area contributed by atoms with Gasteiger partial charge in [-0.1, -0.05) is 23.4 Å². The van der Waals surface area contributed by atoms with E-state index in [-0.39, 0.29) is 11.7 Å². The Morgan fingerprint density at radius 2 is 2.13 bits per heavy atom. The SMILES string of the molecule is COCCn1c(SCC(=O)OC(C)(C)C)nc2cc(Cl)ccc21. The maximum Gasteiger partial charge on any atom is 0.316 e. The smallest absolute Gasteiger partial charge is 0.316 e. The van der Waals surface area contributed by atoms with Gasteiger partial charge in [0, 0.05) is 18.7 Å². The average Bonchev–Trinajstić information content (AvgIpc) is 2.77. The molecule has 5 nitrogen and oxygen atoms in total. The van der Waals surface area contributed by atoms with Gasteiger partial charge in [0.05, 0.1) is 23.4 Å². The molecule has 0 N–H and O–H groups in total. The lowest BCUT2D eigenvalue weighted by molar-refractivity contribution is -0.151. The molecule has 0 unspecified atom stereocenters. The summed E-state index contributed by atoms with van der Waals surface area (Å²) in [6.45, 7) is 6.78.